The van der Waals surface area contributed by atoms with E-state index in [4.69, 9.17) is 0 Å². The minimum absolute atomic E-state index is 0.0518. The van der Waals surface area contributed by atoms with E-state index in [1.54, 1.807) is 0 Å². The Labute approximate surface area is 137 Å². The molecule has 1 aliphatic heterocycles. The van der Waals surface area contributed by atoms with Gasteiger partial charge in [-0.25, -0.2) is 8.42 Å². The molecule has 2 fully saturated rings. The topological polar surface area (TPSA) is 78.5 Å². The van der Waals surface area contributed by atoms with Gasteiger partial charge in [-0.1, -0.05) is 6.07 Å². The molecule has 1 heterocycles. The number of anilines is 2. The molecule has 0 spiro atoms. The summed E-state index contributed by atoms with van der Waals surface area (Å²) >= 11 is 0. The van der Waals surface area contributed by atoms with Gasteiger partial charge < -0.3 is 15.5 Å². The number of hydrogen-bond acceptors (Lipinski definition) is 5. The summed E-state index contributed by atoms with van der Waals surface area (Å²) in [5, 5.41) is 6.05. The third-order valence-corrected chi connectivity index (χ3v) is 5.86. The second kappa shape index (κ2) is 6.88. The average molecular weight is 337 g/mol. The Kier molecular flexibility index (Phi) is 4.87. The lowest BCUT2D eigenvalue weighted by Crippen LogP contribution is -2.40. The maximum absolute atomic E-state index is 11.9. The van der Waals surface area contributed by atoms with E-state index < -0.39 is 9.84 Å². The molecule has 1 aromatic rings. The van der Waals surface area contributed by atoms with Crippen molar-refractivity contribution in [3.05, 3.63) is 24.3 Å². The maximum Gasteiger partial charge on any atom is 0.238 e. The van der Waals surface area contributed by atoms with Crippen LogP contribution in [0.25, 0.3) is 0 Å². The van der Waals surface area contributed by atoms with Gasteiger partial charge in [-0.15, -0.1) is 0 Å². The van der Waals surface area contributed by atoms with Gasteiger partial charge in [0.2, 0.25) is 5.91 Å². The normalized spacial score (nSPS) is 20.3. The number of amides is 1. The summed E-state index contributed by atoms with van der Waals surface area (Å²) in [6.45, 7) is 2.24. The zero-order chi connectivity index (χ0) is 16.3. The van der Waals surface area contributed by atoms with E-state index in [-0.39, 0.29) is 17.4 Å². The lowest BCUT2D eigenvalue weighted by atomic mass is 10.2. The first-order valence-electron chi connectivity index (χ1n) is 8.08. The van der Waals surface area contributed by atoms with Crippen molar-refractivity contribution in [1.82, 2.24) is 5.32 Å². The number of hydrogen-bond donors (Lipinski definition) is 2. The van der Waals surface area contributed by atoms with Crippen LogP contribution in [0.2, 0.25) is 0 Å². The quantitative estimate of drug-likeness (QED) is 0.805. The van der Waals surface area contributed by atoms with Gasteiger partial charge in [0.1, 0.15) is 0 Å². The SMILES string of the molecule is O=C(CNCC1CC1)Nc1cccc(N2CCS(=O)(=O)CC2)c1. The van der Waals surface area contributed by atoms with E-state index >= 15 is 0 Å². The van der Waals surface area contributed by atoms with Gasteiger partial charge in [-0.3, -0.25) is 4.79 Å². The molecule has 7 heteroatoms. The van der Waals surface area contributed by atoms with Crippen LogP contribution in [-0.4, -0.2) is 52.0 Å². The largest absolute Gasteiger partial charge is 0.369 e. The molecule has 2 aliphatic rings. The molecule has 1 amide bonds. The third kappa shape index (κ3) is 4.94. The van der Waals surface area contributed by atoms with E-state index in [0.717, 1.165) is 23.8 Å². The fraction of sp³-hybridized carbons (Fsp3) is 0.562. The lowest BCUT2D eigenvalue weighted by molar-refractivity contribution is -0.115. The molecule has 1 aliphatic carbocycles. The number of nitrogens with one attached hydrogen (secondary N) is 2. The summed E-state index contributed by atoms with van der Waals surface area (Å²) in [4.78, 5) is 14.0. The first-order chi connectivity index (χ1) is 11.0. The molecular formula is C16H23N3O3S. The fourth-order valence-corrected chi connectivity index (χ4v) is 3.87. The monoisotopic (exact) mass is 337 g/mol. The van der Waals surface area contributed by atoms with Crippen LogP contribution in [0.1, 0.15) is 12.8 Å². The number of nitrogens with zero attached hydrogens (tertiary/aromatic N) is 1. The van der Waals surface area contributed by atoms with Crippen molar-refractivity contribution >= 4 is 27.1 Å². The number of sulfone groups is 1. The standard InChI is InChI=1S/C16H23N3O3S/c20-16(12-17-11-13-4-5-13)18-14-2-1-3-15(10-14)19-6-8-23(21,22)9-7-19/h1-3,10,13,17H,4-9,11-12H2,(H,18,20). The predicted molar refractivity (Wildman–Crippen MR) is 91.5 cm³/mol. The zero-order valence-corrected chi connectivity index (χ0v) is 13.9. The zero-order valence-electron chi connectivity index (χ0n) is 13.1. The summed E-state index contributed by atoms with van der Waals surface area (Å²) in [6, 6.07) is 7.57. The molecule has 1 aromatic carbocycles. The van der Waals surface area contributed by atoms with Crippen molar-refractivity contribution in [1.29, 1.82) is 0 Å². The van der Waals surface area contributed by atoms with Gasteiger partial charge in [-0.05, 0) is 43.5 Å². The van der Waals surface area contributed by atoms with Crippen molar-refractivity contribution < 1.29 is 13.2 Å². The van der Waals surface area contributed by atoms with Gasteiger partial charge in [-0.2, -0.15) is 0 Å². The molecule has 126 valence electrons. The van der Waals surface area contributed by atoms with Crippen LogP contribution in [0.3, 0.4) is 0 Å². The van der Waals surface area contributed by atoms with E-state index in [1.807, 2.05) is 29.2 Å². The number of carbonyl (C=O) groups is 1. The Bertz CT molecular complexity index is 657. The number of benzene rings is 1. The second-order valence-electron chi connectivity index (χ2n) is 6.31. The van der Waals surface area contributed by atoms with Gasteiger partial charge in [0.05, 0.1) is 18.1 Å². The van der Waals surface area contributed by atoms with Crippen LogP contribution in [-0.2, 0) is 14.6 Å². The summed E-state index contributed by atoms with van der Waals surface area (Å²) < 4.78 is 23.0. The summed E-state index contributed by atoms with van der Waals surface area (Å²) in [5.74, 6) is 1.08. The van der Waals surface area contributed by atoms with Crippen molar-refractivity contribution in [2.75, 3.05) is 47.9 Å². The van der Waals surface area contributed by atoms with Crippen LogP contribution < -0.4 is 15.5 Å². The van der Waals surface area contributed by atoms with Gasteiger partial charge in [0, 0.05) is 24.5 Å². The van der Waals surface area contributed by atoms with Crippen LogP contribution in [0, 0.1) is 5.92 Å². The molecule has 23 heavy (non-hydrogen) atoms. The molecule has 2 N–H and O–H groups in total. The van der Waals surface area contributed by atoms with Crippen molar-refractivity contribution in [2.45, 2.75) is 12.8 Å². The highest BCUT2D eigenvalue weighted by atomic mass is 32.2. The van der Waals surface area contributed by atoms with Crippen LogP contribution in [0.15, 0.2) is 24.3 Å². The molecular weight excluding hydrogens is 314 g/mol. The molecule has 6 nitrogen and oxygen atoms in total. The van der Waals surface area contributed by atoms with E-state index in [2.05, 4.69) is 10.6 Å². The highest BCUT2D eigenvalue weighted by molar-refractivity contribution is 7.91. The highest BCUT2D eigenvalue weighted by Gasteiger charge is 2.22. The molecule has 0 bridgehead atoms. The lowest BCUT2D eigenvalue weighted by Gasteiger charge is -2.29. The Morgan fingerprint density at radius 2 is 1.96 bits per heavy atom. The molecule has 0 radical (unpaired) electrons. The summed E-state index contributed by atoms with van der Waals surface area (Å²) in [6.07, 6.45) is 2.53. The minimum atomic E-state index is -2.88. The van der Waals surface area contributed by atoms with Crippen LogP contribution >= 0.6 is 0 Å². The van der Waals surface area contributed by atoms with Gasteiger partial charge in [0.25, 0.3) is 0 Å². The maximum atomic E-state index is 11.9. The second-order valence-corrected chi connectivity index (χ2v) is 8.62. The van der Waals surface area contributed by atoms with Crippen LogP contribution in [0.4, 0.5) is 11.4 Å². The number of rotatable bonds is 6. The Balaban J connectivity index is 1.53. The van der Waals surface area contributed by atoms with Crippen molar-refractivity contribution in [3.63, 3.8) is 0 Å². The van der Waals surface area contributed by atoms with E-state index in [0.29, 0.717) is 19.6 Å². The van der Waals surface area contributed by atoms with Crippen molar-refractivity contribution in [2.24, 2.45) is 5.92 Å². The third-order valence-electron chi connectivity index (χ3n) is 4.25. The fourth-order valence-electron chi connectivity index (χ4n) is 2.67. The molecule has 1 saturated carbocycles. The van der Waals surface area contributed by atoms with E-state index in [1.165, 1.54) is 12.8 Å². The van der Waals surface area contributed by atoms with E-state index in [9.17, 15) is 13.2 Å². The average Bonchev–Trinajstić information content (AvgIpc) is 3.32. The van der Waals surface area contributed by atoms with Gasteiger partial charge in [0.15, 0.2) is 9.84 Å². The van der Waals surface area contributed by atoms with Crippen LogP contribution in [0.5, 0.6) is 0 Å². The predicted octanol–water partition coefficient (Wildman–Crippen LogP) is 0.859. The Hall–Kier alpha value is -1.60. The molecule has 1 saturated heterocycles. The highest BCUT2D eigenvalue weighted by Crippen LogP contribution is 2.27. The molecule has 0 unspecified atom stereocenters. The minimum Gasteiger partial charge on any atom is -0.369 e. The van der Waals surface area contributed by atoms with Crippen molar-refractivity contribution in [3.8, 4) is 0 Å². The first kappa shape index (κ1) is 16.3. The van der Waals surface area contributed by atoms with Gasteiger partial charge >= 0.3 is 0 Å². The summed E-state index contributed by atoms with van der Waals surface area (Å²) in [5.41, 5.74) is 1.69. The Morgan fingerprint density at radius 3 is 2.65 bits per heavy atom. The summed E-state index contributed by atoms with van der Waals surface area (Å²) in [7, 11) is -2.88. The molecule has 3 rings (SSSR count). The Morgan fingerprint density at radius 1 is 1.22 bits per heavy atom. The molecule has 0 atom stereocenters. The first-order valence-corrected chi connectivity index (χ1v) is 9.90. The molecule has 0 aromatic heterocycles. The smallest absolute Gasteiger partial charge is 0.238 e. The number of carbonyl (C=O) groups excluding carboxylic acids is 1.